The molecule has 2 heterocycles. The Labute approximate surface area is 409 Å². The molecule has 4 heteroatoms. The average Bonchev–Trinajstić information content (AvgIpc) is 3.96. The zero-order valence-corrected chi connectivity index (χ0v) is 39.1. The molecule has 0 saturated carbocycles. The number of hydrogen-bond donors (Lipinski definition) is 0. The standard InChI is InChI=1S/C66H49N3O/c1-46-22-18-20-34-59(46)67(52-28-12-5-13-29-52)55-40-36-50(37-41-55)65-63(48-24-8-3-9-25-48)57-45-62-58(44-61(57)69(65)54-32-16-7-17-33-54)64(49-26-10-4-11-27-49)66(70-62)51-38-42-56(43-39-51)68(53-30-14-6-15-31-53)60-35-21-19-23-47(60)2/h3-45H,1-2H3. The van der Waals surface area contributed by atoms with E-state index in [1.165, 1.54) is 11.1 Å². The molecule has 0 saturated heterocycles. The Kier molecular flexibility index (Phi) is 11.0. The van der Waals surface area contributed by atoms with E-state index in [0.717, 1.165) is 107 Å². The normalized spacial score (nSPS) is 11.3. The van der Waals surface area contributed by atoms with E-state index in [1.54, 1.807) is 0 Å². The summed E-state index contributed by atoms with van der Waals surface area (Å²) < 4.78 is 9.64. The van der Waals surface area contributed by atoms with Crippen molar-refractivity contribution in [1.82, 2.24) is 4.57 Å². The Morgan fingerprint density at radius 3 is 1.26 bits per heavy atom. The van der Waals surface area contributed by atoms with Gasteiger partial charge < -0.3 is 18.8 Å². The SMILES string of the molecule is Cc1ccccc1N(c1ccccc1)c1ccc(-c2oc3cc4c(-c5ccccc5)c(-c5ccc(N(c6ccccc6)c6ccccc6C)cc5)n(-c5ccccc5)c4cc3c2-c2ccccc2)cc1. The Balaban J connectivity index is 1.07. The van der Waals surface area contributed by atoms with Crippen LogP contribution in [-0.2, 0) is 0 Å². The number of furan rings is 1. The lowest BCUT2D eigenvalue weighted by molar-refractivity contribution is 0.633. The molecule has 0 spiro atoms. The van der Waals surface area contributed by atoms with Crippen LogP contribution in [0.2, 0.25) is 0 Å². The fourth-order valence-electron chi connectivity index (χ4n) is 10.2. The van der Waals surface area contributed by atoms with Gasteiger partial charge in [-0.2, -0.15) is 0 Å². The van der Waals surface area contributed by atoms with E-state index in [0.29, 0.717) is 0 Å². The zero-order chi connectivity index (χ0) is 47.0. The molecule has 0 N–H and O–H groups in total. The number of benzene rings is 10. The summed E-state index contributed by atoms with van der Waals surface area (Å²) in [5.41, 5.74) is 19.7. The second kappa shape index (κ2) is 18.2. The number of nitrogens with zero attached hydrogens (tertiary/aromatic N) is 3. The highest BCUT2D eigenvalue weighted by atomic mass is 16.3. The summed E-state index contributed by atoms with van der Waals surface area (Å²) in [6.45, 7) is 4.34. The topological polar surface area (TPSA) is 24.6 Å². The smallest absolute Gasteiger partial charge is 0.143 e. The van der Waals surface area contributed by atoms with Crippen molar-refractivity contribution < 1.29 is 4.42 Å². The number of aromatic nitrogens is 1. The minimum Gasteiger partial charge on any atom is -0.455 e. The maximum Gasteiger partial charge on any atom is 0.143 e. The zero-order valence-electron chi connectivity index (χ0n) is 39.1. The minimum absolute atomic E-state index is 0.831. The van der Waals surface area contributed by atoms with Gasteiger partial charge in [0, 0.05) is 67.3 Å². The quantitative estimate of drug-likeness (QED) is 0.129. The second-order valence-electron chi connectivity index (χ2n) is 17.8. The Morgan fingerprint density at radius 1 is 0.343 bits per heavy atom. The average molecular weight is 900 g/mol. The van der Waals surface area contributed by atoms with Crippen LogP contribution in [0.15, 0.2) is 265 Å². The van der Waals surface area contributed by atoms with Gasteiger partial charge in [0.2, 0.25) is 0 Å². The maximum atomic E-state index is 7.20. The van der Waals surface area contributed by atoms with Gasteiger partial charge in [-0.1, -0.05) is 164 Å². The van der Waals surface area contributed by atoms with Crippen LogP contribution >= 0.6 is 0 Å². The predicted molar refractivity (Wildman–Crippen MR) is 294 cm³/mol. The number of hydrogen-bond acceptors (Lipinski definition) is 3. The largest absolute Gasteiger partial charge is 0.455 e. The number of aryl methyl sites for hydroxylation is 2. The van der Waals surface area contributed by atoms with Gasteiger partial charge in [0.15, 0.2) is 0 Å². The van der Waals surface area contributed by atoms with Gasteiger partial charge >= 0.3 is 0 Å². The minimum atomic E-state index is 0.831. The fraction of sp³-hybridized carbons (Fsp3) is 0.0303. The monoisotopic (exact) mass is 899 g/mol. The first-order valence-corrected chi connectivity index (χ1v) is 23.9. The Hall–Kier alpha value is -9.12. The van der Waals surface area contributed by atoms with Crippen LogP contribution in [-0.4, -0.2) is 4.57 Å². The van der Waals surface area contributed by atoms with Crippen LogP contribution in [0, 0.1) is 13.8 Å². The summed E-state index contributed by atoms with van der Waals surface area (Å²) in [7, 11) is 0. The molecular formula is C66H49N3O. The molecule has 0 aliphatic carbocycles. The van der Waals surface area contributed by atoms with Crippen LogP contribution in [0.1, 0.15) is 11.1 Å². The van der Waals surface area contributed by atoms with Crippen LogP contribution in [0.4, 0.5) is 34.1 Å². The molecule has 334 valence electrons. The third-order valence-electron chi connectivity index (χ3n) is 13.4. The lowest BCUT2D eigenvalue weighted by Gasteiger charge is -2.27. The number of anilines is 6. The van der Waals surface area contributed by atoms with Crippen LogP contribution < -0.4 is 9.80 Å². The van der Waals surface area contributed by atoms with E-state index in [9.17, 15) is 0 Å². The van der Waals surface area contributed by atoms with Crippen molar-refractivity contribution in [3.8, 4) is 50.5 Å². The van der Waals surface area contributed by atoms with Crippen LogP contribution in [0.3, 0.4) is 0 Å². The summed E-state index contributed by atoms with van der Waals surface area (Å²) in [4.78, 5) is 4.67. The van der Waals surface area contributed by atoms with E-state index < -0.39 is 0 Å². The Bertz CT molecular complexity index is 3750. The van der Waals surface area contributed by atoms with Crippen molar-refractivity contribution in [3.63, 3.8) is 0 Å². The molecule has 0 radical (unpaired) electrons. The van der Waals surface area contributed by atoms with Gasteiger partial charge in [0.1, 0.15) is 11.3 Å². The Morgan fingerprint density at radius 2 is 0.757 bits per heavy atom. The van der Waals surface area contributed by atoms with E-state index in [1.807, 2.05) is 0 Å². The van der Waals surface area contributed by atoms with Gasteiger partial charge in [-0.05, 0) is 139 Å². The molecule has 0 unspecified atom stereocenters. The van der Waals surface area contributed by atoms with Crippen molar-refractivity contribution in [1.29, 1.82) is 0 Å². The molecule has 2 aromatic heterocycles. The van der Waals surface area contributed by atoms with Gasteiger partial charge in [-0.3, -0.25) is 0 Å². The van der Waals surface area contributed by atoms with Gasteiger partial charge in [0.05, 0.1) is 11.2 Å². The first-order chi connectivity index (χ1) is 34.6. The summed E-state index contributed by atoms with van der Waals surface area (Å²) in [6, 6.07) is 93.1. The van der Waals surface area contributed by atoms with Crippen molar-refractivity contribution in [3.05, 3.63) is 272 Å². The summed E-state index contributed by atoms with van der Waals surface area (Å²) in [5.74, 6) is 0.836. The van der Waals surface area contributed by atoms with E-state index in [4.69, 9.17) is 4.42 Å². The molecule has 0 aliphatic rings. The van der Waals surface area contributed by atoms with Gasteiger partial charge in [-0.25, -0.2) is 0 Å². The van der Waals surface area contributed by atoms with Gasteiger partial charge in [-0.15, -0.1) is 0 Å². The molecule has 12 rings (SSSR count). The molecule has 0 fully saturated rings. The lowest BCUT2D eigenvalue weighted by atomic mass is 9.96. The highest BCUT2D eigenvalue weighted by Crippen LogP contribution is 2.49. The van der Waals surface area contributed by atoms with Crippen LogP contribution in [0.5, 0.6) is 0 Å². The van der Waals surface area contributed by atoms with Crippen molar-refractivity contribution in [2.75, 3.05) is 9.80 Å². The first-order valence-electron chi connectivity index (χ1n) is 23.9. The summed E-state index contributed by atoms with van der Waals surface area (Å²) in [5, 5.41) is 2.16. The molecular weight excluding hydrogens is 851 g/mol. The van der Waals surface area contributed by atoms with E-state index in [2.05, 4.69) is 289 Å². The molecule has 0 bridgehead atoms. The number of rotatable bonds is 11. The number of fused-ring (bicyclic) bond motifs is 2. The third-order valence-corrected chi connectivity index (χ3v) is 13.4. The summed E-state index contributed by atoms with van der Waals surface area (Å²) in [6.07, 6.45) is 0. The van der Waals surface area contributed by atoms with Crippen molar-refractivity contribution >= 4 is 56.0 Å². The van der Waals surface area contributed by atoms with Crippen molar-refractivity contribution in [2.24, 2.45) is 0 Å². The molecule has 10 aromatic carbocycles. The molecule has 0 amide bonds. The summed E-state index contributed by atoms with van der Waals surface area (Å²) >= 11 is 0. The van der Waals surface area contributed by atoms with Gasteiger partial charge in [0.25, 0.3) is 0 Å². The molecule has 4 nitrogen and oxygen atoms in total. The first kappa shape index (κ1) is 42.2. The second-order valence-corrected chi connectivity index (χ2v) is 17.8. The number of para-hydroxylation sites is 5. The third kappa shape index (κ3) is 7.62. The molecule has 70 heavy (non-hydrogen) atoms. The van der Waals surface area contributed by atoms with Crippen molar-refractivity contribution in [2.45, 2.75) is 13.8 Å². The highest BCUT2D eigenvalue weighted by molar-refractivity contribution is 6.14. The molecule has 0 atom stereocenters. The highest BCUT2D eigenvalue weighted by Gasteiger charge is 2.26. The van der Waals surface area contributed by atoms with E-state index in [-0.39, 0.29) is 0 Å². The van der Waals surface area contributed by atoms with E-state index >= 15 is 0 Å². The van der Waals surface area contributed by atoms with Crippen LogP contribution in [0.25, 0.3) is 72.4 Å². The maximum absolute atomic E-state index is 7.20. The lowest BCUT2D eigenvalue weighted by Crippen LogP contribution is -2.11. The predicted octanol–water partition coefficient (Wildman–Crippen LogP) is 18.6. The molecule has 0 aliphatic heterocycles. The fourth-order valence-corrected chi connectivity index (χ4v) is 10.2. The molecule has 12 aromatic rings.